The number of thioether (sulfide) groups is 1. The molecule has 4 aromatic rings. The molecule has 2 aromatic heterocycles. The first-order chi connectivity index (χ1) is 18.1. The molecule has 37 heavy (non-hydrogen) atoms. The van der Waals surface area contributed by atoms with Crippen molar-refractivity contribution in [1.82, 2.24) is 10.2 Å². The second-order valence-corrected chi connectivity index (χ2v) is 10.4. The van der Waals surface area contributed by atoms with Crippen LogP contribution in [0.3, 0.4) is 0 Å². The zero-order valence-electron chi connectivity index (χ0n) is 20.3. The normalized spacial score (nSPS) is 12.6. The standard InChI is InChI=1S/C27H26N4O4S2/c1-2-34-20-14-8-6-12-18(20)25-30-31-27(35-25)36-16-22(32)29-26-23(19-13-7-9-15-21(19)37-26)24(33)28-17-10-4-3-5-11-17/h3-6,8,10-12,14H,2,7,9,13,15-16H2,1H3,(H,28,33)(H,29,32). The minimum absolute atomic E-state index is 0.0665. The Morgan fingerprint density at radius 3 is 2.65 bits per heavy atom. The molecule has 0 saturated heterocycles. The molecule has 1 aliphatic carbocycles. The highest BCUT2D eigenvalue weighted by molar-refractivity contribution is 7.99. The van der Waals surface area contributed by atoms with Gasteiger partial charge in [0.25, 0.3) is 17.0 Å². The van der Waals surface area contributed by atoms with Crippen molar-refractivity contribution in [2.45, 2.75) is 37.8 Å². The Balaban J connectivity index is 1.27. The summed E-state index contributed by atoms with van der Waals surface area (Å²) in [5, 5.41) is 15.0. The van der Waals surface area contributed by atoms with Crippen LogP contribution in [0, 0.1) is 0 Å². The lowest BCUT2D eigenvalue weighted by molar-refractivity contribution is -0.113. The molecule has 0 bridgehead atoms. The molecule has 190 valence electrons. The largest absolute Gasteiger partial charge is 0.493 e. The first-order valence-electron chi connectivity index (χ1n) is 12.1. The molecular formula is C27H26N4O4S2. The molecule has 2 N–H and O–H groups in total. The number of thiophene rings is 1. The number of carbonyl (C=O) groups is 2. The Morgan fingerprint density at radius 1 is 1.03 bits per heavy atom. The van der Waals surface area contributed by atoms with Crippen LogP contribution in [0.15, 0.2) is 64.2 Å². The third kappa shape index (κ3) is 5.86. The van der Waals surface area contributed by atoms with Crippen LogP contribution in [0.25, 0.3) is 11.5 Å². The molecule has 2 amide bonds. The Hall–Kier alpha value is -3.63. The molecule has 1 aliphatic rings. The van der Waals surface area contributed by atoms with Gasteiger partial charge in [0.05, 0.1) is 23.5 Å². The Bertz CT molecular complexity index is 1400. The van der Waals surface area contributed by atoms with Crippen molar-refractivity contribution < 1.29 is 18.7 Å². The smallest absolute Gasteiger partial charge is 0.277 e. The number of fused-ring (bicyclic) bond motifs is 1. The predicted molar refractivity (Wildman–Crippen MR) is 146 cm³/mol. The summed E-state index contributed by atoms with van der Waals surface area (Å²) in [6, 6.07) is 16.8. The molecule has 0 atom stereocenters. The molecule has 0 fully saturated rings. The third-order valence-electron chi connectivity index (χ3n) is 5.83. The molecule has 0 aliphatic heterocycles. The van der Waals surface area contributed by atoms with Crippen molar-refractivity contribution in [3.8, 4) is 17.2 Å². The average molecular weight is 535 g/mol. The SMILES string of the molecule is CCOc1ccccc1-c1nnc(SCC(=O)Nc2sc3c(c2C(=O)Nc2ccccc2)CCCC3)o1. The molecular weight excluding hydrogens is 508 g/mol. The number of aryl methyl sites for hydroxylation is 1. The van der Waals surface area contributed by atoms with Crippen molar-refractivity contribution in [3.05, 3.63) is 70.6 Å². The van der Waals surface area contributed by atoms with Gasteiger partial charge in [-0.1, -0.05) is 42.1 Å². The van der Waals surface area contributed by atoms with Crippen molar-refractivity contribution in [3.63, 3.8) is 0 Å². The average Bonchev–Trinajstić information content (AvgIpc) is 3.53. The minimum Gasteiger partial charge on any atom is -0.493 e. The highest BCUT2D eigenvalue weighted by atomic mass is 32.2. The quantitative estimate of drug-likeness (QED) is 0.251. The van der Waals surface area contributed by atoms with Crippen molar-refractivity contribution >= 4 is 45.6 Å². The summed E-state index contributed by atoms with van der Waals surface area (Å²) in [5.41, 5.74) is 3.03. The van der Waals surface area contributed by atoms with Gasteiger partial charge >= 0.3 is 0 Å². The van der Waals surface area contributed by atoms with Crippen LogP contribution in [-0.4, -0.2) is 34.4 Å². The second-order valence-electron chi connectivity index (χ2n) is 8.37. The van der Waals surface area contributed by atoms with E-state index in [1.54, 1.807) is 0 Å². The number of benzene rings is 2. The van der Waals surface area contributed by atoms with E-state index in [0.717, 1.165) is 43.0 Å². The number of rotatable bonds is 9. The van der Waals surface area contributed by atoms with E-state index in [4.69, 9.17) is 9.15 Å². The first kappa shape index (κ1) is 25.0. The zero-order chi connectivity index (χ0) is 25.6. The molecule has 8 nitrogen and oxygen atoms in total. The number of hydrogen-bond acceptors (Lipinski definition) is 8. The van der Waals surface area contributed by atoms with Gasteiger partial charge < -0.3 is 19.8 Å². The third-order valence-corrected chi connectivity index (χ3v) is 7.86. The van der Waals surface area contributed by atoms with Crippen LogP contribution in [0.4, 0.5) is 10.7 Å². The van der Waals surface area contributed by atoms with E-state index in [1.165, 1.54) is 16.2 Å². The molecule has 0 saturated carbocycles. The fourth-order valence-electron chi connectivity index (χ4n) is 4.20. The van der Waals surface area contributed by atoms with Gasteiger partial charge in [-0.3, -0.25) is 9.59 Å². The number of para-hydroxylation sites is 2. The minimum atomic E-state index is -0.244. The molecule has 2 heterocycles. The van der Waals surface area contributed by atoms with Gasteiger partial charge in [-0.05, 0) is 62.4 Å². The van der Waals surface area contributed by atoms with Gasteiger partial charge in [-0.25, -0.2) is 0 Å². The Kier molecular flexibility index (Phi) is 7.86. The van der Waals surface area contributed by atoms with Gasteiger partial charge in [0, 0.05) is 10.6 Å². The Labute approximate surface area is 222 Å². The molecule has 10 heteroatoms. The van der Waals surface area contributed by atoms with Crippen molar-refractivity contribution in [1.29, 1.82) is 0 Å². The predicted octanol–water partition coefficient (Wildman–Crippen LogP) is 6.06. The van der Waals surface area contributed by atoms with E-state index in [0.29, 0.717) is 40.1 Å². The number of nitrogens with one attached hydrogen (secondary N) is 2. The summed E-state index contributed by atoms with van der Waals surface area (Å²) in [6.45, 7) is 2.43. The van der Waals surface area contributed by atoms with Gasteiger partial charge in [0.1, 0.15) is 10.8 Å². The van der Waals surface area contributed by atoms with Crippen LogP contribution in [0.2, 0.25) is 0 Å². The maximum Gasteiger partial charge on any atom is 0.277 e. The number of hydrogen-bond donors (Lipinski definition) is 2. The maximum atomic E-state index is 13.2. The summed E-state index contributed by atoms with van der Waals surface area (Å²) < 4.78 is 11.4. The highest BCUT2D eigenvalue weighted by Gasteiger charge is 2.26. The number of carbonyl (C=O) groups excluding carboxylic acids is 2. The van der Waals surface area contributed by atoms with E-state index < -0.39 is 0 Å². The maximum absolute atomic E-state index is 13.2. The van der Waals surface area contributed by atoms with E-state index in [1.807, 2.05) is 61.5 Å². The molecule has 2 aromatic carbocycles. The molecule has 5 rings (SSSR count). The van der Waals surface area contributed by atoms with Gasteiger partial charge in [0.2, 0.25) is 5.91 Å². The second kappa shape index (κ2) is 11.6. The lowest BCUT2D eigenvalue weighted by Gasteiger charge is -2.13. The van der Waals surface area contributed by atoms with Crippen molar-refractivity contribution in [2.75, 3.05) is 23.0 Å². The van der Waals surface area contributed by atoms with Crippen LogP contribution in [-0.2, 0) is 17.6 Å². The van der Waals surface area contributed by atoms with E-state index in [-0.39, 0.29) is 22.8 Å². The van der Waals surface area contributed by atoms with Gasteiger partial charge in [0.15, 0.2) is 0 Å². The summed E-state index contributed by atoms with van der Waals surface area (Å²) >= 11 is 2.64. The highest BCUT2D eigenvalue weighted by Crippen LogP contribution is 2.39. The molecule has 0 unspecified atom stereocenters. The number of ether oxygens (including phenoxy) is 1. The van der Waals surface area contributed by atoms with E-state index in [9.17, 15) is 9.59 Å². The Morgan fingerprint density at radius 2 is 1.81 bits per heavy atom. The monoisotopic (exact) mass is 534 g/mol. The van der Waals surface area contributed by atoms with Gasteiger partial charge in [-0.15, -0.1) is 21.5 Å². The van der Waals surface area contributed by atoms with E-state index in [2.05, 4.69) is 20.8 Å². The van der Waals surface area contributed by atoms with Crippen LogP contribution < -0.4 is 15.4 Å². The lowest BCUT2D eigenvalue weighted by atomic mass is 9.95. The number of aromatic nitrogens is 2. The van der Waals surface area contributed by atoms with Crippen LogP contribution in [0.5, 0.6) is 5.75 Å². The summed E-state index contributed by atoms with van der Waals surface area (Å²) in [7, 11) is 0. The van der Waals surface area contributed by atoms with E-state index >= 15 is 0 Å². The lowest BCUT2D eigenvalue weighted by Crippen LogP contribution is -2.19. The van der Waals surface area contributed by atoms with Gasteiger partial charge in [-0.2, -0.15) is 0 Å². The summed E-state index contributed by atoms with van der Waals surface area (Å²) in [5.74, 6) is 0.607. The fraction of sp³-hybridized carbons (Fsp3) is 0.259. The summed E-state index contributed by atoms with van der Waals surface area (Å²) in [4.78, 5) is 27.3. The summed E-state index contributed by atoms with van der Waals surface area (Å²) in [6.07, 6.45) is 3.87. The zero-order valence-corrected chi connectivity index (χ0v) is 21.9. The molecule has 0 spiro atoms. The topological polar surface area (TPSA) is 106 Å². The van der Waals surface area contributed by atoms with Crippen LogP contribution in [0.1, 0.15) is 40.6 Å². The van der Waals surface area contributed by atoms with Crippen molar-refractivity contribution in [2.24, 2.45) is 0 Å². The molecule has 0 radical (unpaired) electrons. The number of nitrogens with zero attached hydrogens (tertiary/aromatic N) is 2. The fourth-order valence-corrected chi connectivity index (χ4v) is 6.07. The number of amides is 2. The van der Waals surface area contributed by atoms with Crippen LogP contribution >= 0.6 is 23.1 Å². The first-order valence-corrected chi connectivity index (χ1v) is 13.9. The number of anilines is 2.